The van der Waals surface area contributed by atoms with Gasteiger partial charge in [0.1, 0.15) is 0 Å². The average molecular weight is 228 g/mol. The Kier molecular flexibility index (Phi) is 5.33. The predicted molar refractivity (Wildman–Crippen MR) is 70.1 cm³/mol. The van der Waals surface area contributed by atoms with Crippen molar-refractivity contribution in [2.24, 2.45) is 5.73 Å². The molecule has 2 heteroatoms. The summed E-state index contributed by atoms with van der Waals surface area (Å²) in [6.45, 7) is 11.8. The van der Waals surface area contributed by atoms with Crippen LogP contribution in [0.15, 0.2) is 0 Å². The average Bonchev–Trinajstić information content (AvgIpc) is 2.19. The summed E-state index contributed by atoms with van der Waals surface area (Å²) >= 11 is 0. The molecule has 0 radical (unpaired) electrons. The van der Waals surface area contributed by atoms with E-state index in [4.69, 9.17) is 5.73 Å². The molecular weight excluding hydrogens is 206 g/mol. The van der Waals surface area contributed by atoms with Crippen LogP contribution in [-0.4, -0.2) is 6.54 Å². The molecule has 15 heavy (non-hydrogen) atoms. The van der Waals surface area contributed by atoms with Crippen molar-refractivity contribution in [3.05, 3.63) is 33.4 Å². The summed E-state index contributed by atoms with van der Waals surface area (Å²) in [4.78, 5) is 0. The molecule has 0 unspecified atom stereocenters. The highest BCUT2D eigenvalue weighted by Gasteiger charge is 2.10. The Morgan fingerprint density at radius 1 is 0.733 bits per heavy atom. The number of nitrogens with two attached hydrogens (primary N) is 1. The Balaban J connectivity index is 0.00000196. The van der Waals surface area contributed by atoms with E-state index in [0.29, 0.717) is 0 Å². The van der Waals surface area contributed by atoms with Crippen molar-refractivity contribution in [1.82, 2.24) is 0 Å². The summed E-state index contributed by atoms with van der Waals surface area (Å²) in [6, 6.07) is 0. The van der Waals surface area contributed by atoms with Gasteiger partial charge in [-0.05, 0) is 81.0 Å². The van der Waals surface area contributed by atoms with Gasteiger partial charge in [-0.15, -0.1) is 12.4 Å². The molecule has 86 valence electrons. The quantitative estimate of drug-likeness (QED) is 0.826. The second kappa shape index (κ2) is 5.53. The van der Waals surface area contributed by atoms with Crippen molar-refractivity contribution in [2.45, 2.75) is 41.0 Å². The summed E-state index contributed by atoms with van der Waals surface area (Å²) < 4.78 is 0. The predicted octanol–water partition coefficient (Wildman–Crippen LogP) is 3.15. The molecule has 2 N–H and O–H groups in total. The van der Waals surface area contributed by atoms with Crippen LogP contribution < -0.4 is 5.73 Å². The van der Waals surface area contributed by atoms with Crippen LogP contribution in [0.1, 0.15) is 33.4 Å². The largest absolute Gasteiger partial charge is 0.330 e. The maximum atomic E-state index is 5.64. The normalized spacial score (nSPS) is 10.0. The summed E-state index contributed by atoms with van der Waals surface area (Å²) in [6.07, 6.45) is 1.000. The van der Waals surface area contributed by atoms with E-state index >= 15 is 0 Å². The van der Waals surface area contributed by atoms with E-state index in [1.54, 1.807) is 0 Å². The van der Waals surface area contributed by atoms with Crippen LogP contribution in [0, 0.1) is 34.6 Å². The maximum Gasteiger partial charge on any atom is -0.00365 e. The van der Waals surface area contributed by atoms with Crippen LogP contribution in [0.3, 0.4) is 0 Å². The molecule has 0 atom stereocenters. The SMILES string of the molecule is Cc1c(C)c(C)c(CCN)c(C)c1C.Cl. The van der Waals surface area contributed by atoms with Gasteiger partial charge in [-0.25, -0.2) is 0 Å². The first-order valence-corrected chi connectivity index (χ1v) is 5.26. The molecule has 1 aromatic rings. The third-order valence-electron chi connectivity index (χ3n) is 3.55. The van der Waals surface area contributed by atoms with E-state index in [-0.39, 0.29) is 12.4 Å². The molecule has 0 aliphatic carbocycles. The molecule has 0 aliphatic rings. The fraction of sp³-hybridized carbons (Fsp3) is 0.538. The monoisotopic (exact) mass is 227 g/mol. The van der Waals surface area contributed by atoms with Gasteiger partial charge in [0.25, 0.3) is 0 Å². The van der Waals surface area contributed by atoms with Crippen molar-refractivity contribution in [2.75, 3.05) is 6.54 Å². The van der Waals surface area contributed by atoms with Crippen LogP contribution in [-0.2, 0) is 6.42 Å². The van der Waals surface area contributed by atoms with Gasteiger partial charge in [-0.3, -0.25) is 0 Å². The van der Waals surface area contributed by atoms with Gasteiger partial charge in [-0.2, -0.15) is 0 Å². The summed E-state index contributed by atoms with van der Waals surface area (Å²) in [7, 11) is 0. The highest BCUT2D eigenvalue weighted by atomic mass is 35.5. The molecule has 0 amide bonds. The molecule has 0 spiro atoms. The number of rotatable bonds is 2. The Morgan fingerprint density at radius 2 is 1.07 bits per heavy atom. The number of hydrogen-bond donors (Lipinski definition) is 1. The molecule has 0 saturated heterocycles. The zero-order valence-corrected chi connectivity index (χ0v) is 11.2. The van der Waals surface area contributed by atoms with Crippen LogP contribution in [0.2, 0.25) is 0 Å². The fourth-order valence-electron chi connectivity index (χ4n) is 2.10. The van der Waals surface area contributed by atoms with Gasteiger partial charge in [0.15, 0.2) is 0 Å². The standard InChI is InChI=1S/C13H21N.ClH/c1-8-9(2)11(4)13(6-7-14)12(5)10(8)3;/h6-7,14H2,1-5H3;1H. The summed E-state index contributed by atoms with van der Waals surface area (Å²) in [5.74, 6) is 0. The minimum atomic E-state index is 0. The summed E-state index contributed by atoms with van der Waals surface area (Å²) in [5.41, 5.74) is 14.2. The molecular formula is C13H22ClN. The molecule has 1 rings (SSSR count). The first-order chi connectivity index (χ1) is 6.50. The second-order valence-corrected chi connectivity index (χ2v) is 4.14. The Bertz CT molecular complexity index is 327. The molecule has 0 bridgehead atoms. The highest BCUT2D eigenvalue weighted by Crippen LogP contribution is 2.25. The minimum Gasteiger partial charge on any atom is -0.330 e. The van der Waals surface area contributed by atoms with E-state index in [1.807, 2.05) is 0 Å². The van der Waals surface area contributed by atoms with Gasteiger partial charge >= 0.3 is 0 Å². The topological polar surface area (TPSA) is 26.0 Å². The van der Waals surface area contributed by atoms with E-state index in [9.17, 15) is 0 Å². The smallest absolute Gasteiger partial charge is 0.00365 e. The van der Waals surface area contributed by atoms with Crippen LogP contribution >= 0.6 is 12.4 Å². The third kappa shape index (κ3) is 2.53. The van der Waals surface area contributed by atoms with E-state index in [0.717, 1.165) is 13.0 Å². The lowest BCUT2D eigenvalue weighted by molar-refractivity contribution is 0.933. The summed E-state index contributed by atoms with van der Waals surface area (Å²) in [5, 5.41) is 0. The molecule has 0 saturated carbocycles. The van der Waals surface area contributed by atoms with Gasteiger partial charge in [0.2, 0.25) is 0 Å². The van der Waals surface area contributed by atoms with Gasteiger partial charge in [-0.1, -0.05) is 0 Å². The van der Waals surface area contributed by atoms with Crippen molar-refractivity contribution in [1.29, 1.82) is 0 Å². The van der Waals surface area contributed by atoms with Crippen molar-refractivity contribution < 1.29 is 0 Å². The highest BCUT2D eigenvalue weighted by molar-refractivity contribution is 5.85. The maximum absolute atomic E-state index is 5.64. The Morgan fingerprint density at radius 3 is 1.40 bits per heavy atom. The lowest BCUT2D eigenvalue weighted by Crippen LogP contribution is -2.09. The molecule has 1 aromatic carbocycles. The van der Waals surface area contributed by atoms with E-state index in [1.165, 1.54) is 33.4 Å². The van der Waals surface area contributed by atoms with Crippen molar-refractivity contribution >= 4 is 12.4 Å². The fourth-order valence-corrected chi connectivity index (χ4v) is 2.10. The number of hydrogen-bond acceptors (Lipinski definition) is 1. The van der Waals surface area contributed by atoms with Crippen LogP contribution in [0.5, 0.6) is 0 Å². The zero-order chi connectivity index (χ0) is 10.9. The lowest BCUT2D eigenvalue weighted by atomic mass is 9.88. The van der Waals surface area contributed by atoms with Crippen LogP contribution in [0.25, 0.3) is 0 Å². The van der Waals surface area contributed by atoms with Crippen molar-refractivity contribution in [3.63, 3.8) is 0 Å². The Labute approximate surface area is 99.5 Å². The number of benzene rings is 1. The molecule has 0 aromatic heterocycles. The van der Waals surface area contributed by atoms with Crippen molar-refractivity contribution in [3.8, 4) is 0 Å². The molecule has 0 aliphatic heterocycles. The van der Waals surface area contributed by atoms with E-state index < -0.39 is 0 Å². The van der Waals surface area contributed by atoms with Gasteiger partial charge in [0.05, 0.1) is 0 Å². The third-order valence-corrected chi connectivity index (χ3v) is 3.55. The number of halogens is 1. The van der Waals surface area contributed by atoms with E-state index in [2.05, 4.69) is 34.6 Å². The first-order valence-electron chi connectivity index (χ1n) is 5.26. The molecule has 0 fully saturated rings. The van der Waals surface area contributed by atoms with Gasteiger partial charge < -0.3 is 5.73 Å². The molecule has 0 heterocycles. The Hall–Kier alpha value is -0.530. The second-order valence-electron chi connectivity index (χ2n) is 4.14. The van der Waals surface area contributed by atoms with Crippen LogP contribution in [0.4, 0.5) is 0 Å². The minimum absolute atomic E-state index is 0. The lowest BCUT2D eigenvalue weighted by Gasteiger charge is -2.18. The molecule has 1 nitrogen and oxygen atoms in total. The van der Waals surface area contributed by atoms with Gasteiger partial charge in [0, 0.05) is 0 Å². The first kappa shape index (κ1) is 14.5. The zero-order valence-electron chi connectivity index (χ0n) is 10.4.